The Balaban J connectivity index is 0.000000131. The van der Waals surface area contributed by atoms with Crippen molar-refractivity contribution >= 4 is 155 Å². The van der Waals surface area contributed by atoms with Crippen LogP contribution < -0.4 is 19.6 Å². The van der Waals surface area contributed by atoms with Crippen LogP contribution >= 0.6 is 0 Å². The van der Waals surface area contributed by atoms with Crippen molar-refractivity contribution < 1.29 is 0 Å². The van der Waals surface area contributed by atoms with E-state index in [-0.39, 0.29) is 0 Å². The van der Waals surface area contributed by atoms with Crippen LogP contribution in [0.1, 0.15) is 55.4 Å². The first-order valence-corrected chi connectivity index (χ1v) is 39.7. The third-order valence-corrected chi connectivity index (χ3v) is 18.9. The molecule has 8 aromatic heterocycles. The van der Waals surface area contributed by atoms with Crippen molar-refractivity contribution in [2.75, 3.05) is 19.6 Å². The number of nitrogens with zero attached hydrogens (tertiary/aromatic N) is 12. The van der Waals surface area contributed by atoms with Gasteiger partial charge in [-0.1, -0.05) is 183 Å². The van der Waals surface area contributed by atoms with Gasteiger partial charge in [0.05, 0.1) is 50.2 Å². The van der Waals surface area contributed by atoms with Gasteiger partial charge in [-0.15, -0.1) is 0 Å². The summed E-state index contributed by atoms with van der Waals surface area (Å²) < 4.78 is 0. The topological polar surface area (TPSA) is 116 Å². The zero-order valence-electron chi connectivity index (χ0n) is 66.6. The molecule has 0 spiro atoms. The van der Waals surface area contributed by atoms with Crippen LogP contribution in [0.3, 0.4) is 0 Å². The van der Waals surface area contributed by atoms with Crippen LogP contribution in [0.5, 0.6) is 0 Å². The largest absolute Gasteiger partial charge is 0.310 e. The van der Waals surface area contributed by atoms with E-state index in [1.807, 2.05) is 190 Å². The molecule has 116 heavy (non-hydrogen) atoms. The second-order valence-electron chi connectivity index (χ2n) is 25.7. The Morgan fingerprint density at radius 3 is 0.862 bits per heavy atom. The summed E-state index contributed by atoms with van der Waals surface area (Å²) in [4.78, 5) is 44.4. The minimum atomic E-state index is 0.984. The molecule has 0 amide bonds. The molecule has 20 rings (SSSR count). The maximum atomic E-state index is 4.54. The molecule has 0 aliphatic rings. The van der Waals surface area contributed by atoms with Crippen molar-refractivity contribution in [3.05, 3.63) is 414 Å². The van der Waals surface area contributed by atoms with Gasteiger partial charge in [0.2, 0.25) is 0 Å². The summed E-state index contributed by atoms with van der Waals surface area (Å²) in [5, 5.41) is 11.3. The van der Waals surface area contributed by atoms with Gasteiger partial charge in [0.25, 0.3) is 0 Å². The number of aromatic nitrogens is 8. The lowest BCUT2D eigenvalue weighted by molar-refractivity contribution is 1.29. The van der Waals surface area contributed by atoms with Crippen molar-refractivity contribution in [3.63, 3.8) is 0 Å². The van der Waals surface area contributed by atoms with E-state index in [1.54, 1.807) is 0 Å². The van der Waals surface area contributed by atoms with Gasteiger partial charge in [0, 0.05) is 162 Å². The number of anilines is 12. The molecule has 568 valence electrons. The lowest BCUT2D eigenvalue weighted by Crippen LogP contribution is -2.11. The summed E-state index contributed by atoms with van der Waals surface area (Å²) in [5.74, 6) is 0. The second-order valence-corrected chi connectivity index (χ2v) is 25.7. The molecule has 0 aliphatic carbocycles. The van der Waals surface area contributed by atoms with Gasteiger partial charge in [-0.25, -0.2) is 0 Å². The zero-order valence-corrected chi connectivity index (χ0v) is 66.6. The smallest absolute Gasteiger partial charge is 0.0723 e. The Morgan fingerprint density at radius 2 is 0.457 bits per heavy atom. The Kier molecular flexibility index (Phi) is 27.2. The van der Waals surface area contributed by atoms with Gasteiger partial charge in [0.15, 0.2) is 0 Å². The van der Waals surface area contributed by atoms with Crippen molar-refractivity contribution in [1.29, 1.82) is 0 Å². The van der Waals surface area contributed by atoms with Crippen molar-refractivity contribution in [3.8, 4) is 0 Å². The maximum Gasteiger partial charge on any atom is 0.0723 e. The second kappa shape index (κ2) is 39.8. The van der Waals surface area contributed by atoms with E-state index < -0.39 is 0 Å². The third kappa shape index (κ3) is 18.3. The predicted octanol–water partition coefficient (Wildman–Crippen LogP) is 29.1. The Hall–Kier alpha value is -14.9. The molecule has 8 heterocycles. The number of hydrogen-bond donors (Lipinski definition) is 0. The average molecular weight is 1510 g/mol. The molecular formula is C104H92N12. The predicted molar refractivity (Wildman–Crippen MR) is 492 cm³/mol. The van der Waals surface area contributed by atoms with Crippen LogP contribution in [0, 0.1) is 0 Å². The van der Waals surface area contributed by atoms with E-state index in [0.29, 0.717) is 0 Å². The first-order chi connectivity index (χ1) is 57.6. The van der Waals surface area contributed by atoms with Gasteiger partial charge in [-0.3, -0.25) is 39.9 Å². The molecule has 0 saturated carbocycles. The van der Waals surface area contributed by atoms with Crippen molar-refractivity contribution in [2.24, 2.45) is 0 Å². The lowest BCUT2D eigenvalue weighted by Gasteiger charge is -2.27. The molecule has 0 unspecified atom stereocenters. The Bertz CT molecular complexity index is 6040. The number of hydrogen-bond acceptors (Lipinski definition) is 12. The standard InChI is InChI=1S/4C24H17N3.4C2H6/c1-2-8-19(9-3-1)27(20-13-14-22-18(17-20)7-5-15-25-22)24-12-4-11-23-21(24)10-6-16-26-23;1-2-8-19(9-3-1)27(23-12-4-7-18-17-25-16-14-20(18)23)24-13-5-11-22-21(24)10-6-15-26-22;1-2-8-20(9-3-1)27(21-10-12-23-18(16-21)6-4-14-25-23)22-11-13-24-19(17-22)7-5-15-26-24;1-2-6-21(7-3-1)27(22-9-8-20-17-25-14-12-18(20)15-22)23-10-11-24-19(16-23)5-4-13-26-24;4*1-2/h4*1-17H;4*1-2H3. The molecule has 0 saturated heterocycles. The van der Waals surface area contributed by atoms with Gasteiger partial charge in [0.1, 0.15) is 0 Å². The summed E-state index contributed by atoms with van der Waals surface area (Å²) >= 11 is 0. The summed E-state index contributed by atoms with van der Waals surface area (Å²) in [7, 11) is 0. The zero-order chi connectivity index (χ0) is 80.2. The van der Waals surface area contributed by atoms with E-state index in [9.17, 15) is 0 Å². The lowest BCUT2D eigenvalue weighted by atomic mass is 10.1. The van der Waals surface area contributed by atoms with E-state index in [0.717, 1.165) is 150 Å². The number of benzene rings is 12. The highest BCUT2D eigenvalue weighted by atomic mass is 15.2. The van der Waals surface area contributed by atoms with E-state index in [1.165, 1.54) is 5.39 Å². The van der Waals surface area contributed by atoms with Gasteiger partial charge >= 0.3 is 0 Å². The highest BCUT2D eigenvalue weighted by molar-refractivity contribution is 6.04. The van der Waals surface area contributed by atoms with Crippen LogP contribution in [0.2, 0.25) is 0 Å². The Labute approximate surface area is 679 Å². The summed E-state index contributed by atoms with van der Waals surface area (Å²) in [6.07, 6.45) is 18.5. The van der Waals surface area contributed by atoms with E-state index in [4.69, 9.17) is 0 Å². The first-order valence-electron chi connectivity index (χ1n) is 39.7. The number of rotatable bonds is 12. The molecule has 20 aromatic rings. The quantitative estimate of drug-likeness (QED) is 0.116. The van der Waals surface area contributed by atoms with Gasteiger partial charge < -0.3 is 19.6 Å². The summed E-state index contributed by atoms with van der Waals surface area (Å²) in [5.41, 5.74) is 19.3. The molecule has 12 nitrogen and oxygen atoms in total. The van der Waals surface area contributed by atoms with Gasteiger partial charge in [-0.05, 0) is 230 Å². The monoisotopic (exact) mass is 1510 g/mol. The number of para-hydroxylation sites is 4. The van der Waals surface area contributed by atoms with Crippen LogP contribution in [0.15, 0.2) is 414 Å². The van der Waals surface area contributed by atoms with Gasteiger partial charge in [-0.2, -0.15) is 0 Å². The van der Waals surface area contributed by atoms with E-state index in [2.05, 4.69) is 339 Å². The van der Waals surface area contributed by atoms with Crippen LogP contribution in [0.4, 0.5) is 68.2 Å². The van der Waals surface area contributed by atoms with Crippen LogP contribution in [-0.4, -0.2) is 39.9 Å². The van der Waals surface area contributed by atoms with Crippen LogP contribution in [0.25, 0.3) is 87.0 Å². The normalized spacial score (nSPS) is 10.4. The molecule has 0 bridgehead atoms. The molecular weight excluding hydrogens is 1420 g/mol. The molecule has 12 aromatic carbocycles. The fourth-order valence-electron chi connectivity index (χ4n) is 13.9. The number of pyridine rings is 8. The SMILES string of the molecule is CC.CC.CC.CC.c1ccc(N(c2ccc3cnccc3c2)c2ccc3ncccc3c2)cc1.c1ccc(N(c2ccc3ncccc3c2)c2ccc3ncccc3c2)cc1.c1ccc(N(c2ccc3ncccc3c2)c2cccc3ncccc23)cc1.c1ccc(N(c2cccc3cnccc23)c2cccc3ncccc23)cc1. The fourth-order valence-corrected chi connectivity index (χ4v) is 13.9. The molecule has 12 heteroatoms. The highest BCUT2D eigenvalue weighted by Crippen LogP contribution is 2.44. The maximum absolute atomic E-state index is 4.54. The first kappa shape index (κ1) is 79.2. The Morgan fingerprint density at radius 1 is 0.164 bits per heavy atom. The molecule has 0 N–H and O–H groups in total. The summed E-state index contributed by atoms with van der Waals surface area (Å²) in [6.45, 7) is 16.0. The minimum Gasteiger partial charge on any atom is -0.310 e. The summed E-state index contributed by atoms with van der Waals surface area (Å²) in [6, 6.07) is 121. The molecule has 0 radical (unpaired) electrons. The number of fused-ring (bicyclic) bond motifs is 8. The van der Waals surface area contributed by atoms with Crippen molar-refractivity contribution in [2.45, 2.75) is 55.4 Å². The van der Waals surface area contributed by atoms with E-state index >= 15 is 0 Å². The highest BCUT2D eigenvalue weighted by Gasteiger charge is 2.21. The molecule has 0 atom stereocenters. The van der Waals surface area contributed by atoms with Crippen LogP contribution in [-0.2, 0) is 0 Å². The third-order valence-electron chi connectivity index (χ3n) is 18.9. The van der Waals surface area contributed by atoms with Crippen molar-refractivity contribution in [1.82, 2.24) is 39.9 Å². The minimum absolute atomic E-state index is 0.984. The molecule has 0 aliphatic heterocycles. The molecule has 0 fully saturated rings. The average Bonchev–Trinajstić information content (AvgIpc) is 0.756. The fraction of sp³-hybridized carbons (Fsp3) is 0.0769.